The molecule has 0 spiro atoms. The number of methoxy groups -OCH3 is 1. The predicted octanol–water partition coefficient (Wildman–Crippen LogP) is 3.89. The molecule has 1 aliphatic rings. The zero-order valence-electron chi connectivity index (χ0n) is 19.6. The number of hydrogen-bond acceptors (Lipinski definition) is 7. The number of nitrogens with one attached hydrogen (secondary N) is 2. The number of carbonyl (C=O) groups excluding carboxylic acids is 2. The fourth-order valence-corrected chi connectivity index (χ4v) is 4.71. The summed E-state index contributed by atoms with van der Waals surface area (Å²) in [5, 5.41) is 15.0. The van der Waals surface area contributed by atoms with E-state index in [1.54, 1.807) is 31.4 Å². The van der Waals surface area contributed by atoms with Gasteiger partial charge in [0.2, 0.25) is 10.9 Å². The highest BCUT2D eigenvalue weighted by Gasteiger charge is 2.16. The topological polar surface area (TPSA) is 96.5 Å². The number of aryl methyl sites for hydroxylation is 1. The molecule has 0 saturated carbocycles. The molecule has 8 nitrogen and oxygen atoms in total. The van der Waals surface area contributed by atoms with Gasteiger partial charge in [0.25, 0.3) is 5.91 Å². The molecule has 2 N–H and O–H groups in total. The van der Waals surface area contributed by atoms with Crippen molar-refractivity contribution >= 4 is 28.8 Å². The van der Waals surface area contributed by atoms with E-state index in [4.69, 9.17) is 4.74 Å². The van der Waals surface area contributed by atoms with Crippen molar-refractivity contribution in [1.29, 1.82) is 0 Å². The van der Waals surface area contributed by atoms with Crippen LogP contribution < -0.4 is 15.4 Å². The Balaban J connectivity index is 1.32. The van der Waals surface area contributed by atoms with E-state index in [0.717, 1.165) is 17.2 Å². The molecule has 1 aromatic carbocycles. The van der Waals surface area contributed by atoms with Crippen LogP contribution >= 0.6 is 11.3 Å². The van der Waals surface area contributed by atoms with Crippen LogP contribution in [0.1, 0.15) is 66.7 Å². The summed E-state index contributed by atoms with van der Waals surface area (Å²) in [4.78, 5) is 27.1. The van der Waals surface area contributed by atoms with Crippen LogP contribution in [-0.2, 0) is 11.2 Å². The van der Waals surface area contributed by atoms with Gasteiger partial charge in [0.15, 0.2) is 0 Å². The number of likely N-dealkylation sites (tertiary alicyclic amines) is 1. The lowest BCUT2D eigenvalue weighted by Crippen LogP contribution is -2.37. The minimum Gasteiger partial charge on any atom is -0.497 e. The molecule has 2 amide bonds. The largest absolute Gasteiger partial charge is 0.497 e. The van der Waals surface area contributed by atoms with Crippen molar-refractivity contribution in [2.45, 2.75) is 64.3 Å². The van der Waals surface area contributed by atoms with E-state index in [9.17, 15) is 9.59 Å². The van der Waals surface area contributed by atoms with E-state index in [-0.39, 0.29) is 11.8 Å². The lowest BCUT2D eigenvalue weighted by Gasteiger charge is -2.27. The van der Waals surface area contributed by atoms with E-state index in [1.165, 1.54) is 50.1 Å². The van der Waals surface area contributed by atoms with Crippen molar-refractivity contribution < 1.29 is 14.3 Å². The van der Waals surface area contributed by atoms with Crippen molar-refractivity contribution in [2.75, 3.05) is 32.1 Å². The SMILES string of the molecule is COc1ccc(NC(=O)c2nnc(CCCC(=O)NCC[C@H](C)N3CCCCCC3)s2)cc1. The molecule has 0 unspecified atom stereocenters. The summed E-state index contributed by atoms with van der Waals surface area (Å²) in [6.45, 7) is 5.33. The Morgan fingerprint density at radius 1 is 1.12 bits per heavy atom. The van der Waals surface area contributed by atoms with Crippen LogP contribution in [0.25, 0.3) is 0 Å². The molecular formula is C24H35N5O3S. The molecule has 180 valence electrons. The van der Waals surface area contributed by atoms with Gasteiger partial charge in [-0.15, -0.1) is 10.2 Å². The minimum atomic E-state index is -0.291. The Morgan fingerprint density at radius 3 is 2.55 bits per heavy atom. The number of nitrogens with zero attached hydrogens (tertiary/aromatic N) is 3. The number of hydrogen-bond donors (Lipinski definition) is 2. The summed E-state index contributed by atoms with van der Waals surface area (Å²) in [5.41, 5.74) is 0.666. The fourth-order valence-electron chi connectivity index (χ4n) is 3.93. The Kier molecular flexibility index (Phi) is 10.1. The van der Waals surface area contributed by atoms with Crippen molar-refractivity contribution in [3.63, 3.8) is 0 Å². The molecule has 2 aromatic rings. The highest BCUT2D eigenvalue weighted by atomic mass is 32.1. The van der Waals surface area contributed by atoms with E-state index < -0.39 is 0 Å². The average molecular weight is 474 g/mol. The third-order valence-electron chi connectivity index (χ3n) is 5.95. The van der Waals surface area contributed by atoms with Gasteiger partial charge in [-0.25, -0.2) is 0 Å². The number of anilines is 1. The molecule has 0 aliphatic carbocycles. The monoisotopic (exact) mass is 473 g/mol. The molecular weight excluding hydrogens is 438 g/mol. The Morgan fingerprint density at radius 2 is 1.85 bits per heavy atom. The third kappa shape index (κ3) is 8.40. The highest BCUT2D eigenvalue weighted by molar-refractivity contribution is 7.13. The molecule has 1 saturated heterocycles. The van der Waals surface area contributed by atoms with Crippen LogP contribution in [0.15, 0.2) is 24.3 Å². The van der Waals surface area contributed by atoms with Crippen molar-refractivity contribution in [3.8, 4) is 5.75 Å². The number of amides is 2. The Labute approximate surface area is 200 Å². The molecule has 1 aromatic heterocycles. The zero-order valence-corrected chi connectivity index (χ0v) is 20.5. The fraction of sp³-hybridized carbons (Fsp3) is 0.583. The second-order valence-corrected chi connectivity index (χ2v) is 9.54. The van der Waals surface area contributed by atoms with Gasteiger partial charge in [-0.05, 0) is 70.0 Å². The zero-order chi connectivity index (χ0) is 23.5. The molecule has 3 rings (SSSR count). The van der Waals surface area contributed by atoms with Gasteiger partial charge in [-0.3, -0.25) is 9.59 Å². The maximum Gasteiger partial charge on any atom is 0.286 e. The van der Waals surface area contributed by atoms with Crippen molar-refractivity contribution in [3.05, 3.63) is 34.3 Å². The van der Waals surface area contributed by atoms with Crippen LogP contribution in [0, 0.1) is 0 Å². The summed E-state index contributed by atoms with van der Waals surface area (Å²) in [6, 6.07) is 7.61. The number of rotatable bonds is 11. The van der Waals surface area contributed by atoms with Gasteiger partial charge in [0.1, 0.15) is 10.8 Å². The van der Waals surface area contributed by atoms with E-state index in [0.29, 0.717) is 42.5 Å². The van der Waals surface area contributed by atoms with Crippen molar-refractivity contribution in [1.82, 2.24) is 20.4 Å². The first kappa shape index (κ1) is 25.1. The Hall–Kier alpha value is -2.52. The number of aromatic nitrogens is 2. The molecule has 2 heterocycles. The van der Waals surface area contributed by atoms with Crippen LogP contribution in [0.2, 0.25) is 0 Å². The van der Waals surface area contributed by atoms with Gasteiger partial charge < -0.3 is 20.3 Å². The number of ether oxygens (including phenoxy) is 1. The molecule has 0 bridgehead atoms. The van der Waals surface area contributed by atoms with Gasteiger partial charge in [0, 0.05) is 31.1 Å². The van der Waals surface area contributed by atoms with E-state index in [1.807, 2.05) is 0 Å². The molecule has 1 aliphatic heterocycles. The lowest BCUT2D eigenvalue weighted by atomic mass is 10.2. The summed E-state index contributed by atoms with van der Waals surface area (Å²) in [6.07, 6.45) is 7.99. The van der Waals surface area contributed by atoms with Gasteiger partial charge in [0.05, 0.1) is 7.11 Å². The third-order valence-corrected chi connectivity index (χ3v) is 6.93. The molecule has 1 fully saturated rings. The van der Waals surface area contributed by atoms with Crippen LogP contribution in [0.5, 0.6) is 5.75 Å². The normalized spacial score (nSPS) is 15.5. The molecule has 9 heteroatoms. The minimum absolute atomic E-state index is 0.0695. The smallest absolute Gasteiger partial charge is 0.286 e. The highest BCUT2D eigenvalue weighted by Crippen LogP contribution is 2.18. The second kappa shape index (κ2) is 13.3. The van der Waals surface area contributed by atoms with E-state index in [2.05, 4.69) is 32.7 Å². The predicted molar refractivity (Wildman–Crippen MR) is 131 cm³/mol. The van der Waals surface area contributed by atoms with Gasteiger partial charge in [-0.1, -0.05) is 24.2 Å². The quantitative estimate of drug-likeness (QED) is 0.514. The summed E-state index contributed by atoms with van der Waals surface area (Å²) in [7, 11) is 1.60. The standard InChI is InChI=1S/C24H35N5O3S/c1-18(29-16-5-3-4-6-17-29)14-15-25-21(30)8-7-9-22-27-28-24(33-22)23(31)26-19-10-12-20(32-2)13-11-19/h10-13,18H,3-9,14-17H2,1-2H3,(H,25,30)(H,26,31)/t18-/m0/s1. The first-order valence-electron chi connectivity index (χ1n) is 11.8. The number of carbonyl (C=O) groups is 2. The maximum atomic E-state index is 12.4. The first-order chi connectivity index (χ1) is 16.0. The maximum absolute atomic E-state index is 12.4. The van der Waals surface area contributed by atoms with Crippen LogP contribution in [-0.4, -0.2) is 59.7 Å². The Bertz CT molecular complexity index is 878. The van der Waals surface area contributed by atoms with Crippen molar-refractivity contribution in [2.24, 2.45) is 0 Å². The van der Waals surface area contributed by atoms with Crippen LogP contribution in [0.4, 0.5) is 5.69 Å². The summed E-state index contributed by atoms with van der Waals surface area (Å²) >= 11 is 1.26. The van der Waals surface area contributed by atoms with Gasteiger partial charge >= 0.3 is 0 Å². The number of benzene rings is 1. The molecule has 1 atom stereocenters. The molecule has 33 heavy (non-hydrogen) atoms. The summed E-state index contributed by atoms with van der Waals surface area (Å²) < 4.78 is 5.11. The van der Waals surface area contributed by atoms with Gasteiger partial charge in [-0.2, -0.15) is 0 Å². The summed E-state index contributed by atoms with van der Waals surface area (Å²) in [5.74, 6) is 0.502. The van der Waals surface area contributed by atoms with E-state index >= 15 is 0 Å². The molecule has 0 radical (unpaired) electrons. The van der Waals surface area contributed by atoms with Crippen LogP contribution in [0.3, 0.4) is 0 Å². The lowest BCUT2D eigenvalue weighted by molar-refractivity contribution is -0.121. The average Bonchev–Trinajstić information content (AvgIpc) is 3.12. The second-order valence-electron chi connectivity index (χ2n) is 8.47. The first-order valence-corrected chi connectivity index (χ1v) is 12.7.